The first-order chi connectivity index (χ1) is 13.7. The Morgan fingerprint density at radius 1 is 1.21 bits per heavy atom. The van der Waals surface area contributed by atoms with Gasteiger partial charge in [-0.15, -0.1) is 0 Å². The molecule has 28 heavy (non-hydrogen) atoms. The summed E-state index contributed by atoms with van der Waals surface area (Å²) in [6.07, 6.45) is 4.75. The molecule has 0 aliphatic carbocycles. The van der Waals surface area contributed by atoms with E-state index in [1.807, 2.05) is 46.7 Å². The van der Waals surface area contributed by atoms with E-state index in [1.54, 1.807) is 19.4 Å². The molecule has 1 unspecified atom stereocenters. The molecular formula is C21H24N4O3. The van der Waals surface area contributed by atoms with Gasteiger partial charge in [0.2, 0.25) is 0 Å². The van der Waals surface area contributed by atoms with Gasteiger partial charge in [-0.25, -0.2) is 9.50 Å². The Balaban J connectivity index is 1.55. The molecule has 1 aliphatic rings. The molecule has 1 aliphatic heterocycles. The van der Waals surface area contributed by atoms with Gasteiger partial charge in [-0.3, -0.25) is 4.79 Å². The smallest absolute Gasteiger partial charge is 0.261 e. The third-order valence-corrected chi connectivity index (χ3v) is 5.09. The quantitative estimate of drug-likeness (QED) is 0.680. The number of rotatable bonds is 5. The Hall–Kier alpha value is -3.09. The van der Waals surface area contributed by atoms with E-state index in [9.17, 15) is 4.79 Å². The third-order valence-electron chi connectivity index (χ3n) is 5.09. The molecule has 1 amide bonds. The fraction of sp³-hybridized carbons (Fsp3) is 0.381. The Labute approximate surface area is 163 Å². The Bertz CT molecular complexity index is 985. The van der Waals surface area contributed by atoms with Crippen molar-refractivity contribution in [2.45, 2.75) is 32.2 Å². The molecule has 0 radical (unpaired) electrons. The average Bonchev–Trinajstić information content (AvgIpc) is 3.12. The molecule has 0 N–H and O–H groups in total. The van der Waals surface area contributed by atoms with Crippen molar-refractivity contribution in [3.05, 3.63) is 54.0 Å². The second-order valence-corrected chi connectivity index (χ2v) is 6.96. The second kappa shape index (κ2) is 7.88. The number of carbonyl (C=O) groups excluding carboxylic acids is 1. The number of likely N-dealkylation sites (tertiary alicyclic amines) is 1. The minimum atomic E-state index is -0.0375. The number of nitrogens with zero attached hydrogens (tertiary/aromatic N) is 4. The molecule has 3 aromatic rings. The van der Waals surface area contributed by atoms with Gasteiger partial charge in [-0.2, -0.15) is 5.10 Å². The number of fused-ring (bicyclic) bond motifs is 1. The van der Waals surface area contributed by atoms with Crippen LogP contribution in [0.25, 0.3) is 5.65 Å². The zero-order chi connectivity index (χ0) is 19.5. The van der Waals surface area contributed by atoms with Gasteiger partial charge in [0.15, 0.2) is 23.8 Å². The molecule has 0 bridgehead atoms. The van der Waals surface area contributed by atoms with Gasteiger partial charge in [0, 0.05) is 18.8 Å². The number of ether oxygens (including phenoxy) is 2. The molecule has 146 valence electrons. The van der Waals surface area contributed by atoms with E-state index in [4.69, 9.17) is 9.47 Å². The van der Waals surface area contributed by atoms with Crippen LogP contribution in [0, 0.1) is 6.92 Å². The van der Waals surface area contributed by atoms with E-state index < -0.39 is 0 Å². The van der Waals surface area contributed by atoms with Crippen LogP contribution in [0.3, 0.4) is 0 Å². The first kappa shape index (κ1) is 18.3. The number of para-hydroxylation sites is 2. The predicted molar refractivity (Wildman–Crippen MR) is 105 cm³/mol. The summed E-state index contributed by atoms with van der Waals surface area (Å²) in [5.74, 6) is 1.15. The van der Waals surface area contributed by atoms with Gasteiger partial charge in [-0.05, 0) is 44.4 Å². The molecule has 4 rings (SSSR count). The largest absolute Gasteiger partial charge is 0.493 e. The molecule has 1 saturated heterocycles. The van der Waals surface area contributed by atoms with Crippen LogP contribution >= 0.6 is 0 Å². The highest BCUT2D eigenvalue weighted by atomic mass is 16.5. The number of piperidine rings is 1. The molecule has 1 aromatic carbocycles. The normalized spacial score (nSPS) is 16.9. The van der Waals surface area contributed by atoms with Crippen LogP contribution in [0.15, 0.2) is 42.6 Å². The maximum atomic E-state index is 13.0. The van der Waals surface area contributed by atoms with Crippen LogP contribution in [0.1, 0.15) is 36.7 Å². The van der Waals surface area contributed by atoms with Crippen molar-refractivity contribution in [1.82, 2.24) is 19.5 Å². The second-order valence-electron chi connectivity index (χ2n) is 6.96. The lowest BCUT2D eigenvalue weighted by Crippen LogP contribution is -2.41. The van der Waals surface area contributed by atoms with Crippen molar-refractivity contribution in [3.8, 4) is 11.5 Å². The van der Waals surface area contributed by atoms with Crippen LogP contribution in [0.5, 0.6) is 11.5 Å². The minimum absolute atomic E-state index is 0.0246. The average molecular weight is 380 g/mol. The standard InChI is InChI=1S/C21H24N4O3/c1-15-13-20-22-11-10-17(25(20)23-15)16-7-5-6-12-24(16)21(26)14-28-19-9-4-3-8-18(19)27-2/h3-4,8-11,13,16H,5-7,12,14H2,1-2H3. The Morgan fingerprint density at radius 2 is 2.04 bits per heavy atom. The zero-order valence-electron chi connectivity index (χ0n) is 16.2. The molecule has 0 spiro atoms. The maximum absolute atomic E-state index is 13.0. The zero-order valence-corrected chi connectivity index (χ0v) is 16.2. The first-order valence-electron chi connectivity index (χ1n) is 9.54. The summed E-state index contributed by atoms with van der Waals surface area (Å²) in [4.78, 5) is 19.3. The van der Waals surface area contributed by atoms with E-state index in [2.05, 4.69) is 10.1 Å². The minimum Gasteiger partial charge on any atom is -0.493 e. The summed E-state index contributed by atoms with van der Waals surface area (Å²) in [5.41, 5.74) is 2.70. The topological polar surface area (TPSA) is 69.0 Å². The number of hydrogen-bond donors (Lipinski definition) is 0. The van der Waals surface area contributed by atoms with Gasteiger partial charge in [0.1, 0.15) is 0 Å². The maximum Gasteiger partial charge on any atom is 0.261 e. The molecule has 7 heteroatoms. The van der Waals surface area contributed by atoms with Gasteiger partial charge in [0.25, 0.3) is 5.91 Å². The summed E-state index contributed by atoms with van der Waals surface area (Å²) < 4.78 is 12.9. The van der Waals surface area contributed by atoms with Crippen LogP contribution in [0.2, 0.25) is 0 Å². The summed E-state index contributed by atoms with van der Waals surface area (Å²) in [5, 5.41) is 4.57. The summed E-state index contributed by atoms with van der Waals surface area (Å²) in [7, 11) is 1.59. The predicted octanol–water partition coefficient (Wildman–Crippen LogP) is 3.18. The number of carbonyl (C=O) groups is 1. The van der Waals surface area contributed by atoms with Crippen molar-refractivity contribution >= 4 is 11.6 Å². The number of methoxy groups -OCH3 is 1. The van der Waals surface area contributed by atoms with E-state index in [-0.39, 0.29) is 18.6 Å². The van der Waals surface area contributed by atoms with E-state index in [1.165, 1.54) is 0 Å². The van der Waals surface area contributed by atoms with Gasteiger partial charge >= 0.3 is 0 Å². The molecule has 2 aromatic heterocycles. The highest BCUT2D eigenvalue weighted by Crippen LogP contribution is 2.32. The lowest BCUT2D eigenvalue weighted by molar-refractivity contribution is -0.137. The SMILES string of the molecule is COc1ccccc1OCC(=O)N1CCCCC1c1ccnc2cc(C)nn12. The molecule has 1 fully saturated rings. The van der Waals surface area contributed by atoms with Crippen molar-refractivity contribution in [2.75, 3.05) is 20.3 Å². The highest BCUT2D eigenvalue weighted by molar-refractivity contribution is 5.78. The number of benzene rings is 1. The third kappa shape index (κ3) is 3.52. The number of amides is 1. The highest BCUT2D eigenvalue weighted by Gasteiger charge is 2.30. The van der Waals surface area contributed by atoms with E-state index in [0.29, 0.717) is 18.0 Å². The van der Waals surface area contributed by atoms with Crippen LogP contribution in [-0.2, 0) is 4.79 Å². The Kier molecular flexibility index (Phi) is 5.14. The van der Waals surface area contributed by atoms with Crippen molar-refractivity contribution < 1.29 is 14.3 Å². The Morgan fingerprint density at radius 3 is 2.86 bits per heavy atom. The summed E-state index contributed by atoms with van der Waals surface area (Å²) in [6, 6.07) is 11.2. The van der Waals surface area contributed by atoms with Crippen molar-refractivity contribution in [1.29, 1.82) is 0 Å². The lowest BCUT2D eigenvalue weighted by Gasteiger charge is -2.35. The lowest BCUT2D eigenvalue weighted by atomic mass is 9.99. The molecule has 7 nitrogen and oxygen atoms in total. The number of hydrogen-bond acceptors (Lipinski definition) is 5. The van der Waals surface area contributed by atoms with Crippen LogP contribution in [0.4, 0.5) is 0 Å². The molecular weight excluding hydrogens is 356 g/mol. The van der Waals surface area contributed by atoms with Gasteiger partial charge in [0.05, 0.1) is 24.5 Å². The van der Waals surface area contributed by atoms with E-state index in [0.717, 1.165) is 36.3 Å². The number of aromatic nitrogens is 3. The van der Waals surface area contributed by atoms with E-state index >= 15 is 0 Å². The fourth-order valence-corrected chi connectivity index (χ4v) is 3.78. The van der Waals surface area contributed by atoms with Crippen LogP contribution < -0.4 is 9.47 Å². The fourth-order valence-electron chi connectivity index (χ4n) is 3.78. The van der Waals surface area contributed by atoms with Gasteiger partial charge < -0.3 is 14.4 Å². The molecule has 1 atom stereocenters. The molecule has 0 saturated carbocycles. The first-order valence-corrected chi connectivity index (χ1v) is 9.54. The summed E-state index contributed by atoms with van der Waals surface area (Å²) in [6.45, 7) is 2.63. The van der Waals surface area contributed by atoms with Crippen LogP contribution in [-0.4, -0.2) is 45.7 Å². The summed E-state index contributed by atoms with van der Waals surface area (Å²) >= 11 is 0. The van der Waals surface area contributed by atoms with Crippen molar-refractivity contribution in [3.63, 3.8) is 0 Å². The van der Waals surface area contributed by atoms with Gasteiger partial charge in [-0.1, -0.05) is 12.1 Å². The monoisotopic (exact) mass is 380 g/mol. The molecule has 3 heterocycles. The van der Waals surface area contributed by atoms with Crippen molar-refractivity contribution in [2.24, 2.45) is 0 Å². The number of aryl methyl sites for hydroxylation is 1.